The molecule has 0 nitrogen and oxygen atoms in total. The molecule has 3 heteroatoms. The van der Waals surface area contributed by atoms with Crippen LogP contribution >= 0.6 is 0 Å². The van der Waals surface area contributed by atoms with E-state index in [1.165, 1.54) is 28.2 Å². The van der Waals surface area contributed by atoms with Gasteiger partial charge in [0.1, 0.15) is 0 Å². The molecule has 5 rings (SSSR count). The number of hydrogen-bond donors (Lipinski definition) is 0. The van der Waals surface area contributed by atoms with Crippen LogP contribution in [0.2, 0.25) is 0 Å². The van der Waals surface area contributed by atoms with Crippen molar-refractivity contribution >= 4 is 16.3 Å². The van der Waals surface area contributed by atoms with E-state index in [1.54, 1.807) is 17.7 Å². The van der Waals surface area contributed by atoms with Crippen LogP contribution in [0.1, 0.15) is 47.1 Å². The summed E-state index contributed by atoms with van der Waals surface area (Å²) in [6, 6.07) is 16.3. The topological polar surface area (TPSA) is 0 Å². The highest BCUT2D eigenvalue weighted by Crippen LogP contribution is 2.40. The third-order valence-corrected chi connectivity index (χ3v) is 6.16. The van der Waals surface area contributed by atoms with Crippen molar-refractivity contribution in [3.63, 3.8) is 0 Å². The standard InChI is InChI=1S/C26H21F3/c27-26(28,29)25-8-4-2-6-20(25)16-17-9-12-22-19(15-17)11-14-23-21-7-3-1-5-18(21)10-13-24(22)23/h2-4,6-9,11-12,14-15H,1,5,10,13,16H2. The zero-order valence-electron chi connectivity index (χ0n) is 16.0. The minimum atomic E-state index is -4.33. The van der Waals surface area contributed by atoms with Gasteiger partial charge in [0.15, 0.2) is 0 Å². The van der Waals surface area contributed by atoms with Crippen LogP contribution in [0.15, 0.2) is 72.3 Å². The monoisotopic (exact) mass is 390 g/mol. The van der Waals surface area contributed by atoms with E-state index in [9.17, 15) is 13.2 Å². The largest absolute Gasteiger partial charge is 0.416 e. The highest BCUT2D eigenvalue weighted by molar-refractivity contribution is 5.94. The predicted octanol–water partition coefficient (Wildman–Crippen LogP) is 7.50. The maximum atomic E-state index is 13.3. The summed E-state index contributed by atoms with van der Waals surface area (Å²) in [7, 11) is 0. The molecular weight excluding hydrogens is 369 g/mol. The molecule has 0 radical (unpaired) electrons. The molecule has 0 aromatic heterocycles. The number of rotatable bonds is 2. The molecule has 0 bridgehead atoms. The van der Waals surface area contributed by atoms with E-state index in [1.807, 2.05) is 12.1 Å². The summed E-state index contributed by atoms with van der Waals surface area (Å²) in [6.07, 6.45) is 4.88. The second kappa shape index (κ2) is 6.91. The lowest BCUT2D eigenvalue weighted by molar-refractivity contribution is -0.138. The molecule has 3 aromatic carbocycles. The molecule has 0 heterocycles. The number of fused-ring (bicyclic) bond motifs is 4. The third kappa shape index (κ3) is 3.29. The molecule has 0 N–H and O–H groups in total. The Hall–Kier alpha value is -2.81. The fourth-order valence-corrected chi connectivity index (χ4v) is 4.77. The van der Waals surface area contributed by atoms with Gasteiger partial charge in [-0.25, -0.2) is 0 Å². The van der Waals surface area contributed by atoms with E-state index in [2.05, 4.69) is 30.4 Å². The van der Waals surface area contributed by atoms with E-state index in [4.69, 9.17) is 0 Å². The summed E-state index contributed by atoms with van der Waals surface area (Å²) in [4.78, 5) is 0. The highest BCUT2D eigenvalue weighted by atomic mass is 19.4. The molecule has 3 aromatic rings. The summed E-state index contributed by atoms with van der Waals surface area (Å²) in [5.74, 6) is 0. The van der Waals surface area contributed by atoms with Crippen molar-refractivity contribution in [2.45, 2.75) is 38.3 Å². The van der Waals surface area contributed by atoms with E-state index in [0.29, 0.717) is 5.56 Å². The zero-order valence-corrected chi connectivity index (χ0v) is 16.0. The van der Waals surface area contributed by atoms with Crippen LogP contribution in [0.5, 0.6) is 0 Å². The number of aryl methyl sites for hydroxylation is 1. The Morgan fingerprint density at radius 2 is 1.72 bits per heavy atom. The van der Waals surface area contributed by atoms with Gasteiger partial charge < -0.3 is 0 Å². The summed E-state index contributed by atoms with van der Waals surface area (Å²) in [5.41, 5.74) is 6.30. The lowest BCUT2D eigenvalue weighted by atomic mass is 9.79. The van der Waals surface area contributed by atoms with Crippen LogP contribution in [-0.2, 0) is 19.0 Å². The number of allylic oxidation sites excluding steroid dienone is 4. The van der Waals surface area contributed by atoms with Gasteiger partial charge in [0.2, 0.25) is 0 Å². The average Bonchev–Trinajstić information content (AvgIpc) is 2.72. The van der Waals surface area contributed by atoms with Crippen LogP contribution in [0, 0.1) is 0 Å². The first-order valence-corrected chi connectivity index (χ1v) is 10.1. The van der Waals surface area contributed by atoms with Crippen molar-refractivity contribution in [1.29, 1.82) is 0 Å². The van der Waals surface area contributed by atoms with Crippen LogP contribution < -0.4 is 0 Å². The molecular formula is C26H21F3. The Balaban J connectivity index is 1.54. The Morgan fingerprint density at radius 1 is 0.862 bits per heavy atom. The molecule has 2 aliphatic rings. The van der Waals surface area contributed by atoms with Crippen LogP contribution in [0.4, 0.5) is 13.2 Å². The summed E-state index contributed by atoms with van der Waals surface area (Å²) < 4.78 is 40.0. The van der Waals surface area contributed by atoms with Gasteiger partial charge in [-0.15, -0.1) is 0 Å². The van der Waals surface area contributed by atoms with Crippen molar-refractivity contribution < 1.29 is 13.2 Å². The van der Waals surface area contributed by atoms with Gasteiger partial charge in [-0.3, -0.25) is 0 Å². The van der Waals surface area contributed by atoms with E-state index >= 15 is 0 Å². The second-order valence-electron chi connectivity index (χ2n) is 7.94. The fourth-order valence-electron chi connectivity index (χ4n) is 4.77. The first-order valence-electron chi connectivity index (χ1n) is 10.1. The number of hydrogen-bond acceptors (Lipinski definition) is 0. The minimum Gasteiger partial charge on any atom is -0.166 e. The van der Waals surface area contributed by atoms with Crippen LogP contribution in [0.3, 0.4) is 0 Å². The van der Waals surface area contributed by atoms with Gasteiger partial charge >= 0.3 is 6.18 Å². The van der Waals surface area contributed by atoms with Crippen molar-refractivity contribution in [3.8, 4) is 0 Å². The molecule has 0 aliphatic heterocycles. The Labute approximate surface area is 168 Å². The Morgan fingerprint density at radius 3 is 2.59 bits per heavy atom. The van der Waals surface area contributed by atoms with Crippen LogP contribution in [0.25, 0.3) is 16.3 Å². The van der Waals surface area contributed by atoms with Gasteiger partial charge in [-0.1, -0.05) is 66.3 Å². The average molecular weight is 390 g/mol. The quantitative estimate of drug-likeness (QED) is 0.425. The molecule has 0 fully saturated rings. The summed E-state index contributed by atoms with van der Waals surface area (Å²) in [6.45, 7) is 0. The first-order chi connectivity index (χ1) is 14.0. The maximum absolute atomic E-state index is 13.3. The molecule has 0 spiro atoms. The van der Waals surface area contributed by atoms with Gasteiger partial charge in [-0.05, 0) is 76.8 Å². The predicted molar refractivity (Wildman–Crippen MR) is 112 cm³/mol. The molecule has 0 amide bonds. The minimum absolute atomic E-state index is 0.279. The number of halogens is 3. The summed E-state index contributed by atoms with van der Waals surface area (Å²) >= 11 is 0. The van der Waals surface area contributed by atoms with E-state index in [-0.39, 0.29) is 6.42 Å². The Bertz CT molecular complexity index is 1160. The normalized spacial score (nSPS) is 16.1. The SMILES string of the molecule is FC(F)(F)c1ccccc1Cc1ccc2c3c(ccc2c1)C1=C(CCC=C1)CC3. The first kappa shape index (κ1) is 18.2. The molecule has 146 valence electrons. The number of alkyl halides is 3. The molecule has 0 saturated carbocycles. The van der Waals surface area contributed by atoms with Gasteiger partial charge in [0, 0.05) is 0 Å². The van der Waals surface area contributed by atoms with Gasteiger partial charge in [0.05, 0.1) is 5.56 Å². The molecule has 0 saturated heterocycles. The lowest BCUT2D eigenvalue weighted by Gasteiger charge is -2.25. The second-order valence-corrected chi connectivity index (χ2v) is 7.94. The smallest absolute Gasteiger partial charge is 0.166 e. The molecule has 2 aliphatic carbocycles. The van der Waals surface area contributed by atoms with Crippen molar-refractivity contribution in [3.05, 3.63) is 100 Å². The third-order valence-electron chi connectivity index (χ3n) is 6.16. The highest BCUT2D eigenvalue weighted by Gasteiger charge is 2.32. The molecule has 29 heavy (non-hydrogen) atoms. The molecule has 0 unspecified atom stereocenters. The van der Waals surface area contributed by atoms with Gasteiger partial charge in [-0.2, -0.15) is 13.2 Å². The Kier molecular flexibility index (Phi) is 4.34. The van der Waals surface area contributed by atoms with Gasteiger partial charge in [0.25, 0.3) is 0 Å². The fraction of sp³-hybridized carbons (Fsp3) is 0.231. The van der Waals surface area contributed by atoms with E-state index < -0.39 is 11.7 Å². The van der Waals surface area contributed by atoms with Crippen LogP contribution in [-0.4, -0.2) is 0 Å². The van der Waals surface area contributed by atoms with Crippen molar-refractivity contribution in [1.82, 2.24) is 0 Å². The maximum Gasteiger partial charge on any atom is 0.416 e. The number of benzene rings is 3. The molecule has 0 atom stereocenters. The van der Waals surface area contributed by atoms with E-state index in [0.717, 1.165) is 42.7 Å². The van der Waals surface area contributed by atoms with Crippen molar-refractivity contribution in [2.24, 2.45) is 0 Å². The summed E-state index contributed by atoms with van der Waals surface area (Å²) in [5, 5.41) is 2.33. The lowest BCUT2D eigenvalue weighted by Crippen LogP contribution is -2.09. The zero-order chi connectivity index (χ0) is 20.0. The van der Waals surface area contributed by atoms with Crippen molar-refractivity contribution in [2.75, 3.05) is 0 Å².